The summed E-state index contributed by atoms with van der Waals surface area (Å²) in [6.07, 6.45) is 4.15. The largest absolute Gasteiger partial charge is 0.508 e. The summed E-state index contributed by atoms with van der Waals surface area (Å²) in [5.74, 6) is 0.456. The zero-order chi connectivity index (χ0) is 38.0. The number of piperidine rings is 1. The van der Waals surface area contributed by atoms with Gasteiger partial charge in [0, 0.05) is 44.7 Å². The summed E-state index contributed by atoms with van der Waals surface area (Å²) >= 11 is 0. The summed E-state index contributed by atoms with van der Waals surface area (Å²) in [5.41, 5.74) is 6.71. The topological polar surface area (TPSA) is 112 Å². The Morgan fingerprint density at radius 3 is 2.17 bits per heavy atom. The molecule has 3 heterocycles. The van der Waals surface area contributed by atoms with Gasteiger partial charge in [-0.3, -0.25) is 29.5 Å². The molecular formula is C44H50N4O6. The lowest BCUT2D eigenvalue weighted by molar-refractivity contribution is -0.142. The van der Waals surface area contributed by atoms with Crippen molar-refractivity contribution in [2.75, 3.05) is 59.0 Å². The van der Waals surface area contributed by atoms with Crippen LogP contribution in [0.15, 0.2) is 115 Å². The first kappa shape index (κ1) is 38.3. The van der Waals surface area contributed by atoms with Crippen LogP contribution in [0.25, 0.3) is 11.1 Å². The number of likely N-dealkylation sites (tertiary alicyclic amines) is 1. The number of hydrogen-bond donors (Lipinski definition) is 2. The number of nitrogens with one attached hydrogen (secondary N) is 1. The van der Waals surface area contributed by atoms with Gasteiger partial charge in [0.1, 0.15) is 36.5 Å². The summed E-state index contributed by atoms with van der Waals surface area (Å²) in [5, 5.41) is 12.3. The van der Waals surface area contributed by atoms with Crippen molar-refractivity contribution in [2.24, 2.45) is 0 Å². The van der Waals surface area contributed by atoms with Crippen molar-refractivity contribution in [3.8, 4) is 11.5 Å². The molecule has 1 unspecified atom stereocenters. The third-order valence-corrected chi connectivity index (χ3v) is 10.3. The number of hydrogen-bond acceptors (Lipinski definition) is 8. The van der Waals surface area contributed by atoms with E-state index < -0.39 is 11.9 Å². The van der Waals surface area contributed by atoms with Gasteiger partial charge in [-0.1, -0.05) is 74.7 Å². The van der Waals surface area contributed by atoms with Crippen LogP contribution in [0.3, 0.4) is 0 Å². The molecular weight excluding hydrogens is 681 g/mol. The summed E-state index contributed by atoms with van der Waals surface area (Å²) < 4.78 is 12.1. The zero-order valence-electron chi connectivity index (χ0n) is 31.1. The summed E-state index contributed by atoms with van der Waals surface area (Å²) in [7, 11) is 0. The number of phenols is 1. The number of nitrogens with zero attached hydrogens (tertiary/aromatic N) is 3. The normalized spacial score (nSPS) is 19.8. The average molecular weight is 731 g/mol. The lowest BCUT2D eigenvalue weighted by Gasteiger charge is -2.28. The number of carbonyl (C=O) groups excluding carboxylic acids is 3. The molecule has 3 aromatic carbocycles. The highest BCUT2D eigenvalue weighted by atomic mass is 16.5. The predicted molar refractivity (Wildman–Crippen MR) is 210 cm³/mol. The number of amides is 3. The third kappa shape index (κ3) is 9.55. The minimum absolute atomic E-state index is 0.206. The second kappa shape index (κ2) is 18.1. The van der Waals surface area contributed by atoms with Gasteiger partial charge in [-0.05, 0) is 96.1 Å². The molecule has 0 radical (unpaired) electrons. The fourth-order valence-corrected chi connectivity index (χ4v) is 7.36. The van der Waals surface area contributed by atoms with Gasteiger partial charge in [0.15, 0.2) is 0 Å². The molecule has 10 nitrogen and oxygen atoms in total. The van der Waals surface area contributed by atoms with Gasteiger partial charge in [-0.2, -0.15) is 0 Å². The molecule has 0 bridgehead atoms. The highest BCUT2D eigenvalue weighted by Crippen LogP contribution is 2.35. The molecule has 0 spiro atoms. The van der Waals surface area contributed by atoms with E-state index in [-0.39, 0.29) is 30.5 Å². The molecule has 1 atom stereocenters. The summed E-state index contributed by atoms with van der Waals surface area (Å²) in [6, 6.07) is 25.5. The fraction of sp³-hybridized carbons (Fsp3) is 0.341. The first-order valence-corrected chi connectivity index (χ1v) is 18.8. The Bertz CT molecular complexity index is 1900. The molecule has 0 aromatic heterocycles. The van der Waals surface area contributed by atoms with Crippen LogP contribution in [0.1, 0.15) is 49.3 Å². The Hall–Kier alpha value is -5.45. The van der Waals surface area contributed by atoms with Gasteiger partial charge in [-0.15, -0.1) is 0 Å². The maximum absolute atomic E-state index is 12.8. The molecule has 0 aliphatic carbocycles. The lowest BCUT2D eigenvalue weighted by atomic mass is 9.88. The van der Waals surface area contributed by atoms with E-state index in [2.05, 4.69) is 71.6 Å². The van der Waals surface area contributed by atoms with Crippen molar-refractivity contribution >= 4 is 28.9 Å². The predicted octanol–water partition coefficient (Wildman–Crippen LogP) is 5.81. The molecule has 54 heavy (non-hydrogen) atoms. The average Bonchev–Trinajstić information content (AvgIpc) is 3.30. The summed E-state index contributed by atoms with van der Waals surface area (Å²) in [6.45, 7) is 16.8. The smallest absolute Gasteiger partial charge is 0.254 e. The molecule has 6 rings (SSSR count). The second-order valence-electron chi connectivity index (χ2n) is 13.9. The Balaban J connectivity index is 0.952. The van der Waals surface area contributed by atoms with Crippen LogP contribution in [0.4, 0.5) is 0 Å². The van der Waals surface area contributed by atoms with Gasteiger partial charge in [0.05, 0.1) is 0 Å². The van der Waals surface area contributed by atoms with E-state index in [1.165, 1.54) is 16.0 Å². The van der Waals surface area contributed by atoms with E-state index in [0.29, 0.717) is 36.5 Å². The maximum atomic E-state index is 12.8. The number of rotatable bonds is 14. The minimum Gasteiger partial charge on any atom is -0.508 e. The molecule has 3 aliphatic rings. The van der Waals surface area contributed by atoms with E-state index in [0.717, 1.165) is 74.6 Å². The fourth-order valence-electron chi connectivity index (χ4n) is 7.36. The lowest BCUT2D eigenvalue weighted by Crippen LogP contribution is -2.52. The van der Waals surface area contributed by atoms with Crippen molar-refractivity contribution in [1.82, 2.24) is 20.0 Å². The zero-order valence-corrected chi connectivity index (χ0v) is 31.1. The minimum atomic E-state index is -0.679. The molecule has 3 aromatic rings. The highest BCUT2D eigenvalue weighted by Gasteiger charge is 2.40. The Labute approximate surface area is 318 Å². The van der Waals surface area contributed by atoms with Crippen LogP contribution in [-0.2, 0) is 19.1 Å². The Kier molecular flexibility index (Phi) is 12.8. The van der Waals surface area contributed by atoms with E-state index >= 15 is 0 Å². The molecule has 282 valence electrons. The molecule has 3 amide bonds. The van der Waals surface area contributed by atoms with Crippen molar-refractivity contribution in [1.29, 1.82) is 0 Å². The molecule has 2 N–H and O–H groups in total. The highest BCUT2D eigenvalue weighted by molar-refractivity contribution is 6.06. The number of allylic oxidation sites excluding steroid dienone is 2. The molecule has 0 saturated carbocycles. The monoisotopic (exact) mass is 730 g/mol. The van der Waals surface area contributed by atoms with Crippen LogP contribution in [-0.4, -0.2) is 103 Å². The van der Waals surface area contributed by atoms with Crippen LogP contribution in [0.2, 0.25) is 0 Å². The first-order chi connectivity index (χ1) is 26.2. The number of aromatic hydroxyl groups is 1. The Morgan fingerprint density at radius 2 is 1.52 bits per heavy atom. The Morgan fingerprint density at radius 1 is 0.870 bits per heavy atom. The van der Waals surface area contributed by atoms with E-state index in [1.54, 1.807) is 18.2 Å². The van der Waals surface area contributed by atoms with Gasteiger partial charge in [0.2, 0.25) is 11.8 Å². The number of carbonyl (C=O) groups is 3. The molecule has 3 fully saturated rings. The molecule has 3 saturated heterocycles. The van der Waals surface area contributed by atoms with Gasteiger partial charge in [0.25, 0.3) is 5.91 Å². The van der Waals surface area contributed by atoms with Gasteiger partial charge in [-0.25, -0.2) is 0 Å². The van der Waals surface area contributed by atoms with Crippen molar-refractivity contribution in [2.45, 2.75) is 38.6 Å². The van der Waals surface area contributed by atoms with Crippen molar-refractivity contribution in [3.63, 3.8) is 0 Å². The van der Waals surface area contributed by atoms with Gasteiger partial charge < -0.3 is 19.5 Å². The van der Waals surface area contributed by atoms with Crippen LogP contribution < -0.4 is 10.1 Å². The number of benzene rings is 3. The summed E-state index contributed by atoms with van der Waals surface area (Å²) in [4.78, 5) is 43.0. The van der Waals surface area contributed by atoms with Crippen molar-refractivity contribution in [3.05, 3.63) is 132 Å². The first-order valence-electron chi connectivity index (χ1n) is 18.8. The number of ether oxygens (including phenoxy) is 2. The molecule has 10 heteroatoms. The quantitative estimate of drug-likeness (QED) is 0.0927. The van der Waals surface area contributed by atoms with Gasteiger partial charge >= 0.3 is 0 Å². The molecule has 3 aliphatic heterocycles. The SMILES string of the molecule is C=C(/C=C1/CN(C2CCC(=O)NC2=O)C(=O)C1=C)OCCN1CCCN(CCOc2ccc(/C(=C(/CC)c3ccccc3)c3ccc(O)cc3)cc2)CC1. The second-order valence-corrected chi connectivity index (χ2v) is 13.9. The third-order valence-electron chi connectivity index (χ3n) is 10.3. The standard InChI is InChI=1S/C44H50N4O6/c1-4-39(33-9-6-5-7-10-33)42(34-11-15-37(49)16-12-34)35-13-17-38(18-14-35)54-28-26-47-22-8-21-46(23-24-47)25-27-53-31(2)29-36-30-48(44(52)32(36)3)40-19-20-41(50)45-43(40)51/h5-7,9-18,29,40,49H,2-4,8,19-28,30H2,1H3,(H,45,50,51)/b36-29-,42-39-. The number of imide groups is 1. The van der Waals surface area contributed by atoms with E-state index in [9.17, 15) is 19.5 Å². The number of phenolic OH excluding ortho intramolecular Hbond substituents is 1. The van der Waals surface area contributed by atoms with E-state index in [1.807, 2.05) is 30.3 Å². The maximum Gasteiger partial charge on any atom is 0.254 e. The van der Waals surface area contributed by atoms with Crippen LogP contribution in [0, 0.1) is 0 Å². The van der Waals surface area contributed by atoms with E-state index in [4.69, 9.17) is 9.47 Å². The van der Waals surface area contributed by atoms with Crippen LogP contribution in [0.5, 0.6) is 11.5 Å². The van der Waals surface area contributed by atoms with Crippen molar-refractivity contribution < 1.29 is 29.0 Å². The van der Waals surface area contributed by atoms with Crippen LogP contribution >= 0.6 is 0 Å².